The lowest BCUT2D eigenvalue weighted by molar-refractivity contribution is 0.504. The molecule has 1 aromatic carbocycles. The van der Waals surface area contributed by atoms with Gasteiger partial charge in [0.15, 0.2) is 0 Å². The van der Waals surface area contributed by atoms with E-state index in [0.717, 1.165) is 42.8 Å². The normalized spacial score (nSPS) is 21.0. The summed E-state index contributed by atoms with van der Waals surface area (Å²) in [5.74, 6) is 0. The molecule has 0 aromatic heterocycles. The van der Waals surface area contributed by atoms with E-state index in [2.05, 4.69) is 22.5 Å². The fraction of sp³-hybridized carbons (Fsp3) is 0.278. The van der Waals surface area contributed by atoms with Gasteiger partial charge in [0.05, 0.1) is 10.7 Å². The van der Waals surface area contributed by atoms with Crippen LogP contribution < -0.4 is 11.5 Å². The van der Waals surface area contributed by atoms with E-state index in [1.807, 2.05) is 24.3 Å². The second kappa shape index (κ2) is 7.06. The number of benzene rings is 1. The molecule has 0 unspecified atom stereocenters. The summed E-state index contributed by atoms with van der Waals surface area (Å²) >= 11 is 1.75. The number of anilines is 1. The molecule has 3 rings (SSSR count). The van der Waals surface area contributed by atoms with Gasteiger partial charge in [-0.05, 0) is 43.5 Å². The predicted octanol–water partition coefficient (Wildman–Crippen LogP) is 3.55. The van der Waals surface area contributed by atoms with Gasteiger partial charge in [-0.15, -0.1) is 0 Å². The highest BCUT2D eigenvalue weighted by atomic mass is 32.2. The van der Waals surface area contributed by atoms with Gasteiger partial charge in [-0.1, -0.05) is 36.0 Å². The van der Waals surface area contributed by atoms with E-state index < -0.39 is 0 Å². The van der Waals surface area contributed by atoms with Crippen molar-refractivity contribution in [3.05, 3.63) is 58.0 Å². The average Bonchev–Trinajstić information content (AvgIpc) is 2.97. The number of hydrogen-bond acceptors (Lipinski definition) is 5. The number of nitrogen functional groups attached to an aromatic ring is 1. The van der Waals surface area contributed by atoms with Gasteiger partial charge in [0.25, 0.3) is 0 Å². The van der Waals surface area contributed by atoms with Crippen LogP contribution in [0.4, 0.5) is 5.69 Å². The molecule has 0 atom stereocenters. The molecule has 2 aliphatic rings. The zero-order chi connectivity index (χ0) is 16.2. The molecule has 1 heterocycles. The van der Waals surface area contributed by atoms with Gasteiger partial charge in [-0.2, -0.15) is 0 Å². The topological polar surface area (TPSA) is 79.1 Å². The van der Waals surface area contributed by atoms with Crippen LogP contribution in [0.25, 0.3) is 5.70 Å². The highest BCUT2D eigenvalue weighted by molar-refractivity contribution is 8.06. The van der Waals surface area contributed by atoms with Crippen molar-refractivity contribution in [1.29, 1.82) is 5.41 Å². The maximum absolute atomic E-state index is 7.74. The van der Waals surface area contributed by atoms with E-state index >= 15 is 0 Å². The van der Waals surface area contributed by atoms with Gasteiger partial charge in [-0.25, -0.2) is 0 Å². The molecule has 5 heteroatoms. The van der Waals surface area contributed by atoms with Crippen molar-refractivity contribution >= 4 is 28.9 Å². The number of nitrogens with two attached hydrogens (primary N) is 2. The Balaban J connectivity index is 1.96. The highest BCUT2D eigenvalue weighted by Gasteiger charge is 2.26. The zero-order valence-corrected chi connectivity index (χ0v) is 13.9. The lowest BCUT2D eigenvalue weighted by Gasteiger charge is -2.26. The molecule has 0 bridgehead atoms. The van der Waals surface area contributed by atoms with E-state index in [-0.39, 0.29) is 0 Å². The molecule has 4 nitrogen and oxygen atoms in total. The summed E-state index contributed by atoms with van der Waals surface area (Å²) in [4.78, 5) is 2.33. The van der Waals surface area contributed by atoms with Crippen molar-refractivity contribution < 1.29 is 0 Å². The number of para-hydroxylation sites is 1. The third-order valence-corrected chi connectivity index (χ3v) is 5.11. The van der Waals surface area contributed by atoms with Gasteiger partial charge in [0, 0.05) is 28.9 Å². The Hall–Kier alpha value is -1.98. The Morgan fingerprint density at radius 2 is 2.00 bits per heavy atom. The number of nitrogens with zero attached hydrogens (tertiary/aromatic N) is 1. The Morgan fingerprint density at radius 3 is 2.70 bits per heavy atom. The Bertz CT molecular complexity index is 703. The summed E-state index contributed by atoms with van der Waals surface area (Å²) < 4.78 is 0. The summed E-state index contributed by atoms with van der Waals surface area (Å²) in [6.07, 6.45) is 6.64. The molecule has 120 valence electrons. The highest BCUT2D eigenvalue weighted by Crippen LogP contribution is 2.44. The Labute approximate surface area is 141 Å². The fourth-order valence-electron chi connectivity index (χ4n) is 2.82. The number of allylic oxidation sites excluding steroid dienone is 3. The monoisotopic (exact) mass is 326 g/mol. The van der Waals surface area contributed by atoms with Crippen molar-refractivity contribution in [3.8, 4) is 0 Å². The first-order chi connectivity index (χ1) is 11.2. The van der Waals surface area contributed by atoms with Crippen LogP contribution in [0, 0.1) is 5.41 Å². The van der Waals surface area contributed by atoms with Crippen LogP contribution in [0.5, 0.6) is 0 Å². The van der Waals surface area contributed by atoms with Gasteiger partial charge in [0.2, 0.25) is 0 Å². The average molecular weight is 326 g/mol. The first kappa shape index (κ1) is 15.9. The number of nitrogens with one attached hydrogen (secondary N) is 1. The van der Waals surface area contributed by atoms with Crippen molar-refractivity contribution in [2.45, 2.75) is 19.3 Å². The molecular weight excluding hydrogens is 304 g/mol. The van der Waals surface area contributed by atoms with Crippen LogP contribution in [-0.4, -0.2) is 23.7 Å². The molecule has 1 aliphatic carbocycles. The molecule has 0 saturated heterocycles. The van der Waals surface area contributed by atoms with Crippen LogP contribution in [0.3, 0.4) is 0 Å². The summed E-state index contributed by atoms with van der Waals surface area (Å²) in [5.41, 5.74) is 16.9. The minimum atomic E-state index is 0.668. The predicted molar refractivity (Wildman–Crippen MR) is 99.9 cm³/mol. The quantitative estimate of drug-likeness (QED) is 0.739. The summed E-state index contributed by atoms with van der Waals surface area (Å²) in [6, 6.07) is 7.98. The van der Waals surface area contributed by atoms with Crippen molar-refractivity contribution in [2.75, 3.05) is 18.8 Å². The summed E-state index contributed by atoms with van der Waals surface area (Å²) in [6.45, 7) is 1.55. The van der Waals surface area contributed by atoms with Gasteiger partial charge < -0.3 is 21.8 Å². The maximum Gasteiger partial charge on any atom is 0.0828 e. The van der Waals surface area contributed by atoms with Crippen molar-refractivity contribution in [2.24, 2.45) is 5.73 Å². The molecule has 0 amide bonds. The number of rotatable bonds is 4. The number of hydrogen-bond donors (Lipinski definition) is 3. The van der Waals surface area contributed by atoms with Gasteiger partial charge in [-0.3, -0.25) is 0 Å². The van der Waals surface area contributed by atoms with E-state index in [1.54, 1.807) is 11.8 Å². The first-order valence-corrected chi connectivity index (χ1v) is 8.76. The smallest absolute Gasteiger partial charge is 0.0828 e. The third kappa shape index (κ3) is 3.35. The molecule has 0 spiro atoms. The van der Waals surface area contributed by atoms with Crippen LogP contribution >= 0.6 is 11.8 Å². The number of thioether (sulfide) groups is 1. The molecule has 1 aromatic rings. The Kier molecular flexibility index (Phi) is 4.88. The van der Waals surface area contributed by atoms with E-state index in [1.165, 1.54) is 10.6 Å². The Morgan fingerprint density at radius 1 is 1.17 bits per heavy atom. The second-order valence-electron chi connectivity index (χ2n) is 5.69. The largest absolute Gasteiger partial charge is 0.398 e. The van der Waals surface area contributed by atoms with Crippen LogP contribution in [0.1, 0.15) is 24.8 Å². The maximum atomic E-state index is 7.74. The van der Waals surface area contributed by atoms with Gasteiger partial charge >= 0.3 is 0 Å². The minimum absolute atomic E-state index is 0.668. The fourth-order valence-corrected chi connectivity index (χ4v) is 3.94. The van der Waals surface area contributed by atoms with Gasteiger partial charge in [0.1, 0.15) is 0 Å². The molecule has 0 radical (unpaired) electrons. The molecule has 1 aliphatic heterocycles. The molecule has 0 saturated carbocycles. The van der Waals surface area contributed by atoms with E-state index in [9.17, 15) is 0 Å². The van der Waals surface area contributed by atoms with E-state index in [0.29, 0.717) is 12.3 Å². The lowest BCUT2D eigenvalue weighted by atomic mass is 10.0. The van der Waals surface area contributed by atoms with E-state index in [4.69, 9.17) is 16.9 Å². The van der Waals surface area contributed by atoms with Crippen molar-refractivity contribution in [1.82, 2.24) is 4.90 Å². The van der Waals surface area contributed by atoms with Crippen LogP contribution in [0.15, 0.2) is 52.4 Å². The minimum Gasteiger partial charge on any atom is -0.398 e. The van der Waals surface area contributed by atoms with Crippen LogP contribution in [0.2, 0.25) is 0 Å². The standard InChI is InChI=1S/C18H22N4S/c19-10-3-11-22-17(15-4-1-2-5-16(15)21)12-23-18(22)13-6-8-14(20)9-7-13/h1-2,4-6,8,12,20H,3,7,9-11,19,21H2. The summed E-state index contributed by atoms with van der Waals surface area (Å²) in [5, 5.41) is 11.2. The van der Waals surface area contributed by atoms with Crippen LogP contribution in [-0.2, 0) is 0 Å². The molecular formula is C18H22N4S. The second-order valence-corrected chi connectivity index (χ2v) is 6.55. The summed E-state index contributed by atoms with van der Waals surface area (Å²) in [7, 11) is 0. The SMILES string of the molecule is N=C1C=CC(=C2SC=C(c3ccccc3N)N2CCCN)CC1. The lowest BCUT2D eigenvalue weighted by Crippen LogP contribution is -2.22. The zero-order valence-electron chi connectivity index (χ0n) is 13.1. The molecule has 23 heavy (non-hydrogen) atoms. The first-order valence-electron chi connectivity index (χ1n) is 7.88. The molecule has 5 N–H and O–H groups in total. The van der Waals surface area contributed by atoms with Crippen molar-refractivity contribution in [3.63, 3.8) is 0 Å². The third-order valence-electron chi connectivity index (χ3n) is 4.06. The molecule has 0 fully saturated rings.